The minimum atomic E-state index is -0.654. The predicted molar refractivity (Wildman–Crippen MR) is 59.1 cm³/mol. The molecule has 0 amide bonds. The second kappa shape index (κ2) is 3.94. The average Bonchev–Trinajstić information content (AvgIpc) is 2.17. The van der Waals surface area contributed by atoms with Crippen molar-refractivity contribution < 1.29 is 5.11 Å². The van der Waals surface area contributed by atoms with Crippen LogP contribution in [0.25, 0.3) is 0 Å². The lowest BCUT2D eigenvalue weighted by molar-refractivity contribution is 0.0447. The molecule has 0 bridgehead atoms. The third-order valence-corrected chi connectivity index (χ3v) is 2.88. The van der Waals surface area contributed by atoms with Gasteiger partial charge in [-0.25, -0.2) is 9.97 Å². The van der Waals surface area contributed by atoms with Crippen LogP contribution in [0.2, 0.25) is 5.15 Å². The summed E-state index contributed by atoms with van der Waals surface area (Å²) in [5.41, 5.74) is -0.654. The fourth-order valence-electron chi connectivity index (χ4n) is 1.93. The van der Waals surface area contributed by atoms with E-state index in [1.807, 2.05) is 11.8 Å². The van der Waals surface area contributed by atoms with Gasteiger partial charge in [0.2, 0.25) is 0 Å². The first-order chi connectivity index (χ1) is 7.08. The fourth-order valence-corrected chi connectivity index (χ4v) is 2.15. The SMILES string of the molecule is CC1(O)CCCN(c2nccnc2Cl)C1. The summed E-state index contributed by atoms with van der Waals surface area (Å²) in [4.78, 5) is 10.2. The second-order valence-electron chi connectivity index (χ2n) is 4.19. The number of hydrogen-bond donors (Lipinski definition) is 1. The molecule has 1 aliphatic rings. The summed E-state index contributed by atoms with van der Waals surface area (Å²) in [5.74, 6) is 0.666. The van der Waals surface area contributed by atoms with Gasteiger partial charge in [0.1, 0.15) is 0 Å². The number of nitrogens with zero attached hydrogens (tertiary/aromatic N) is 3. The zero-order chi connectivity index (χ0) is 10.9. The molecule has 1 saturated heterocycles. The highest BCUT2D eigenvalue weighted by Gasteiger charge is 2.29. The molecule has 1 aromatic heterocycles. The molecule has 0 spiro atoms. The molecule has 1 unspecified atom stereocenters. The van der Waals surface area contributed by atoms with E-state index in [-0.39, 0.29) is 0 Å². The van der Waals surface area contributed by atoms with Gasteiger partial charge < -0.3 is 10.0 Å². The van der Waals surface area contributed by atoms with Crippen LogP contribution in [0.15, 0.2) is 12.4 Å². The molecule has 1 aromatic rings. The Morgan fingerprint density at radius 3 is 2.87 bits per heavy atom. The van der Waals surface area contributed by atoms with E-state index in [1.165, 1.54) is 0 Å². The van der Waals surface area contributed by atoms with Crippen molar-refractivity contribution in [1.29, 1.82) is 0 Å². The molecule has 1 atom stereocenters. The molecule has 82 valence electrons. The monoisotopic (exact) mass is 227 g/mol. The van der Waals surface area contributed by atoms with E-state index in [9.17, 15) is 5.11 Å². The van der Waals surface area contributed by atoms with Crippen molar-refractivity contribution in [2.45, 2.75) is 25.4 Å². The van der Waals surface area contributed by atoms with Crippen molar-refractivity contribution in [3.8, 4) is 0 Å². The smallest absolute Gasteiger partial charge is 0.171 e. The lowest BCUT2D eigenvalue weighted by Gasteiger charge is -2.37. The maximum atomic E-state index is 9.96. The third kappa shape index (κ3) is 2.38. The summed E-state index contributed by atoms with van der Waals surface area (Å²) >= 11 is 5.95. The van der Waals surface area contributed by atoms with Gasteiger partial charge in [-0.2, -0.15) is 0 Å². The predicted octanol–water partition coefficient (Wildman–Crippen LogP) is 1.48. The van der Waals surface area contributed by atoms with Crippen LogP contribution in [0, 0.1) is 0 Å². The van der Waals surface area contributed by atoms with Crippen molar-refractivity contribution in [2.24, 2.45) is 0 Å². The highest BCUT2D eigenvalue weighted by Crippen LogP contribution is 2.27. The van der Waals surface area contributed by atoms with Gasteiger partial charge in [-0.1, -0.05) is 11.6 Å². The molecule has 2 rings (SSSR count). The van der Waals surface area contributed by atoms with Crippen molar-refractivity contribution >= 4 is 17.4 Å². The summed E-state index contributed by atoms with van der Waals surface area (Å²) in [6.07, 6.45) is 4.94. The van der Waals surface area contributed by atoms with E-state index < -0.39 is 5.60 Å². The molecule has 2 heterocycles. The number of anilines is 1. The van der Waals surface area contributed by atoms with Crippen LogP contribution in [-0.4, -0.2) is 33.8 Å². The zero-order valence-electron chi connectivity index (χ0n) is 8.65. The minimum absolute atomic E-state index is 0.398. The van der Waals surface area contributed by atoms with Crippen LogP contribution in [0.5, 0.6) is 0 Å². The Bertz CT molecular complexity index is 356. The highest BCUT2D eigenvalue weighted by atomic mass is 35.5. The maximum absolute atomic E-state index is 9.96. The van der Waals surface area contributed by atoms with E-state index in [0.29, 0.717) is 17.5 Å². The second-order valence-corrected chi connectivity index (χ2v) is 4.55. The Hall–Kier alpha value is -0.870. The number of aliphatic hydroxyl groups is 1. The normalized spacial score (nSPS) is 26.7. The Balaban J connectivity index is 2.21. The van der Waals surface area contributed by atoms with Gasteiger partial charge in [0.05, 0.1) is 5.60 Å². The molecule has 5 heteroatoms. The number of halogens is 1. The number of rotatable bonds is 1. The summed E-state index contributed by atoms with van der Waals surface area (Å²) in [6, 6.07) is 0. The maximum Gasteiger partial charge on any atom is 0.171 e. The first-order valence-electron chi connectivity index (χ1n) is 5.02. The molecule has 0 aromatic carbocycles. The van der Waals surface area contributed by atoms with E-state index in [2.05, 4.69) is 9.97 Å². The molecular formula is C10H14ClN3O. The lowest BCUT2D eigenvalue weighted by atomic mass is 9.95. The summed E-state index contributed by atoms with van der Waals surface area (Å²) < 4.78 is 0. The van der Waals surface area contributed by atoms with Gasteiger partial charge in [-0.3, -0.25) is 0 Å². The van der Waals surface area contributed by atoms with Crippen molar-refractivity contribution in [3.05, 3.63) is 17.5 Å². The van der Waals surface area contributed by atoms with Crippen LogP contribution in [0.3, 0.4) is 0 Å². The molecule has 0 saturated carbocycles. The molecule has 1 fully saturated rings. The zero-order valence-corrected chi connectivity index (χ0v) is 9.41. The summed E-state index contributed by atoms with van der Waals surface area (Å²) in [5, 5.41) is 10.4. The minimum Gasteiger partial charge on any atom is -0.388 e. The topological polar surface area (TPSA) is 49.2 Å². The Morgan fingerprint density at radius 2 is 2.20 bits per heavy atom. The number of aromatic nitrogens is 2. The van der Waals surface area contributed by atoms with Gasteiger partial charge in [0.25, 0.3) is 0 Å². The Morgan fingerprint density at radius 1 is 1.47 bits per heavy atom. The van der Waals surface area contributed by atoms with Crippen molar-refractivity contribution in [3.63, 3.8) is 0 Å². The molecule has 15 heavy (non-hydrogen) atoms. The Labute approximate surface area is 93.9 Å². The van der Waals surface area contributed by atoms with Gasteiger partial charge in [0, 0.05) is 25.5 Å². The van der Waals surface area contributed by atoms with Crippen LogP contribution in [0.4, 0.5) is 5.82 Å². The number of piperidine rings is 1. The lowest BCUT2D eigenvalue weighted by Crippen LogP contribution is -2.46. The molecule has 1 N–H and O–H groups in total. The van der Waals surface area contributed by atoms with Crippen LogP contribution < -0.4 is 4.90 Å². The average molecular weight is 228 g/mol. The summed E-state index contributed by atoms with van der Waals surface area (Å²) in [7, 11) is 0. The van der Waals surface area contributed by atoms with Crippen molar-refractivity contribution in [2.75, 3.05) is 18.0 Å². The van der Waals surface area contributed by atoms with Crippen molar-refractivity contribution in [1.82, 2.24) is 9.97 Å². The van der Waals surface area contributed by atoms with Crippen LogP contribution in [-0.2, 0) is 0 Å². The molecular weight excluding hydrogens is 214 g/mol. The quantitative estimate of drug-likeness (QED) is 0.790. The van der Waals surface area contributed by atoms with Gasteiger partial charge in [0.15, 0.2) is 11.0 Å². The van der Waals surface area contributed by atoms with Gasteiger partial charge in [-0.05, 0) is 19.8 Å². The fraction of sp³-hybridized carbons (Fsp3) is 0.600. The Kier molecular flexibility index (Phi) is 2.80. The summed E-state index contributed by atoms with van der Waals surface area (Å²) in [6.45, 7) is 3.27. The van der Waals surface area contributed by atoms with Crippen LogP contribution >= 0.6 is 11.6 Å². The third-order valence-electron chi connectivity index (χ3n) is 2.61. The molecule has 0 aliphatic carbocycles. The molecule has 0 radical (unpaired) electrons. The standard InChI is InChI=1S/C10H14ClN3O/c1-10(15)3-2-6-14(7-10)9-8(11)12-4-5-13-9/h4-5,15H,2-3,6-7H2,1H3. The largest absolute Gasteiger partial charge is 0.388 e. The van der Waals surface area contributed by atoms with E-state index >= 15 is 0 Å². The first kappa shape index (κ1) is 10.6. The highest BCUT2D eigenvalue weighted by molar-refractivity contribution is 6.31. The van der Waals surface area contributed by atoms with Crippen LogP contribution in [0.1, 0.15) is 19.8 Å². The van der Waals surface area contributed by atoms with Gasteiger partial charge >= 0.3 is 0 Å². The van der Waals surface area contributed by atoms with Gasteiger partial charge in [-0.15, -0.1) is 0 Å². The molecule has 4 nitrogen and oxygen atoms in total. The number of β-amino-alcohol motifs (C(OH)–C–C–N with tert-alkyl or cyclic N) is 1. The first-order valence-corrected chi connectivity index (χ1v) is 5.40. The van der Waals surface area contributed by atoms with E-state index in [4.69, 9.17) is 11.6 Å². The number of hydrogen-bond acceptors (Lipinski definition) is 4. The molecule has 1 aliphatic heterocycles. The van der Waals surface area contributed by atoms with E-state index in [1.54, 1.807) is 12.4 Å². The van der Waals surface area contributed by atoms with E-state index in [0.717, 1.165) is 19.4 Å².